The van der Waals surface area contributed by atoms with Gasteiger partial charge in [0.25, 0.3) is 0 Å². The molecule has 6 aliphatic rings. The minimum absolute atomic E-state index is 0.0124. The molecule has 0 saturated heterocycles. The van der Waals surface area contributed by atoms with Crippen LogP contribution in [0.5, 0.6) is 0 Å². The lowest BCUT2D eigenvalue weighted by atomic mass is 9.77. The molecular formula is C70H50N2. The van der Waals surface area contributed by atoms with E-state index in [4.69, 9.17) is 0 Å². The van der Waals surface area contributed by atoms with Gasteiger partial charge in [-0.05, 0) is 160 Å². The van der Waals surface area contributed by atoms with E-state index in [0.717, 1.165) is 56.4 Å². The summed E-state index contributed by atoms with van der Waals surface area (Å²) in [7, 11) is 0. The van der Waals surface area contributed by atoms with Gasteiger partial charge in [0.15, 0.2) is 0 Å². The predicted octanol–water partition coefficient (Wildman–Crippen LogP) is 16.4. The normalized spacial score (nSPS) is 17.2. The van der Waals surface area contributed by atoms with Crippen molar-refractivity contribution in [1.29, 1.82) is 0 Å². The van der Waals surface area contributed by atoms with Crippen molar-refractivity contribution >= 4 is 69.3 Å². The fraction of sp³-hybridized carbons (Fsp3) is 0.0286. The maximum atomic E-state index is 4.05. The van der Waals surface area contributed by atoms with Crippen molar-refractivity contribution < 1.29 is 0 Å². The summed E-state index contributed by atoms with van der Waals surface area (Å²) in [5, 5.41) is 2.64. The molecule has 72 heavy (non-hydrogen) atoms. The van der Waals surface area contributed by atoms with E-state index >= 15 is 0 Å². The largest absolute Gasteiger partial charge is 0.310 e. The van der Waals surface area contributed by atoms with Crippen molar-refractivity contribution in [2.45, 2.75) is 0 Å². The van der Waals surface area contributed by atoms with Gasteiger partial charge in [0.2, 0.25) is 0 Å². The fourth-order valence-electron chi connectivity index (χ4n) is 12.0. The van der Waals surface area contributed by atoms with Crippen molar-refractivity contribution in [1.82, 2.24) is 0 Å². The zero-order chi connectivity index (χ0) is 48.5. The van der Waals surface area contributed by atoms with Gasteiger partial charge in [0.05, 0.1) is 11.4 Å². The molecule has 6 aliphatic carbocycles. The molecule has 0 saturated carbocycles. The maximum absolute atomic E-state index is 4.05. The van der Waals surface area contributed by atoms with Gasteiger partial charge in [0.1, 0.15) is 0 Å². The van der Waals surface area contributed by atoms with Crippen molar-refractivity contribution in [3.05, 3.63) is 311 Å². The highest BCUT2D eigenvalue weighted by atomic mass is 15.2. The first-order valence-corrected chi connectivity index (χ1v) is 24.8. The lowest BCUT2D eigenvalue weighted by Gasteiger charge is -2.36. The first-order chi connectivity index (χ1) is 35.6. The molecule has 2 heteroatoms. The summed E-state index contributed by atoms with van der Waals surface area (Å²) in [6.07, 6.45) is 31.3. The highest BCUT2D eigenvalue weighted by Crippen LogP contribution is 2.56. The molecule has 2 atom stereocenters. The molecule has 0 bridgehead atoms. The van der Waals surface area contributed by atoms with E-state index in [0.29, 0.717) is 0 Å². The lowest BCUT2D eigenvalue weighted by molar-refractivity contribution is 0.983. The predicted molar refractivity (Wildman–Crippen MR) is 307 cm³/mol. The average Bonchev–Trinajstić information content (AvgIpc) is 3.97. The molecule has 0 aromatic heterocycles. The first-order valence-electron chi connectivity index (χ1n) is 24.8. The second-order valence-electron chi connectivity index (χ2n) is 18.9. The molecule has 0 spiro atoms. The summed E-state index contributed by atoms with van der Waals surface area (Å²) in [5.74, 6) is 0.0247. The van der Waals surface area contributed by atoms with Crippen LogP contribution in [0.1, 0.15) is 33.4 Å². The maximum Gasteiger partial charge on any atom is 0.0503 e. The zero-order valence-electron chi connectivity index (χ0n) is 40.0. The molecule has 0 radical (unpaired) electrons. The van der Waals surface area contributed by atoms with E-state index in [1.165, 1.54) is 77.3 Å². The van der Waals surface area contributed by atoms with E-state index in [-0.39, 0.29) is 11.8 Å². The van der Waals surface area contributed by atoms with Crippen LogP contribution in [0.4, 0.5) is 22.7 Å². The molecule has 7 aromatic carbocycles. The van der Waals surface area contributed by atoms with Crippen molar-refractivity contribution in [2.75, 3.05) is 9.80 Å². The van der Waals surface area contributed by atoms with Gasteiger partial charge in [0, 0.05) is 34.6 Å². The molecule has 0 fully saturated rings. The van der Waals surface area contributed by atoms with E-state index in [2.05, 4.69) is 255 Å². The lowest BCUT2D eigenvalue weighted by Crippen LogP contribution is -2.24. The smallest absolute Gasteiger partial charge is 0.0503 e. The highest BCUT2D eigenvalue weighted by molar-refractivity contribution is 6.09. The molecule has 0 N–H and O–H groups in total. The van der Waals surface area contributed by atoms with Gasteiger partial charge in [-0.2, -0.15) is 0 Å². The quantitative estimate of drug-likeness (QED) is 0.120. The van der Waals surface area contributed by atoms with Gasteiger partial charge < -0.3 is 9.80 Å². The standard InChI is InChI=1S/C70H50N2/c1-5-45-25-33-51(34-26-45)71(52-35-27-46(6-2)28-36-52)61-43-41-59-65-55(61)21-15-23-57(65)67-63(49-17-11-9-12-18-49)70-60-42-44-62(72(53-37-29-47(7-3)30-38-53)54-39-31-48(8-4)32-40-54)56-22-16-24-58(66(56)60)68(70)64(69(59)67)50-19-13-10-14-20-50/h5-44,65-66H,1-4H2. The van der Waals surface area contributed by atoms with Crippen LogP contribution in [0, 0.1) is 11.8 Å². The number of hydrogen-bond acceptors (Lipinski definition) is 2. The number of fused-ring (bicyclic) bond motifs is 4. The zero-order valence-corrected chi connectivity index (χ0v) is 40.0. The van der Waals surface area contributed by atoms with Crippen molar-refractivity contribution in [3.8, 4) is 22.3 Å². The van der Waals surface area contributed by atoms with Gasteiger partial charge in [-0.1, -0.05) is 208 Å². The second-order valence-corrected chi connectivity index (χ2v) is 18.9. The Morgan fingerprint density at radius 3 is 0.944 bits per heavy atom. The average molecular weight is 919 g/mol. The molecule has 13 rings (SSSR count). The Bertz CT molecular complexity index is 3500. The van der Waals surface area contributed by atoms with Crippen LogP contribution in [-0.2, 0) is 0 Å². The molecule has 0 amide bonds. The minimum Gasteiger partial charge on any atom is -0.310 e. The molecule has 7 aromatic rings. The SMILES string of the molecule is C=Cc1ccc(N(C2=CC=C3c4c(-c5ccccc5)c5c(c(-c6ccccc6)c4=C4C=CC=C2C34)C2=CC=C(N(c3ccc(C=C)cc3)c3ccc(C=C)cc3)C3=CC=CC=5C32)c2ccc(C=C)cc2)cc1. The molecule has 340 valence electrons. The van der Waals surface area contributed by atoms with Gasteiger partial charge in [-0.15, -0.1) is 0 Å². The van der Waals surface area contributed by atoms with E-state index in [9.17, 15) is 0 Å². The highest BCUT2D eigenvalue weighted by Gasteiger charge is 2.45. The summed E-state index contributed by atoms with van der Waals surface area (Å²) in [6.45, 7) is 16.2. The fourth-order valence-corrected chi connectivity index (χ4v) is 12.0. The van der Waals surface area contributed by atoms with Crippen molar-refractivity contribution in [2.24, 2.45) is 11.8 Å². The Morgan fingerprint density at radius 2 is 0.639 bits per heavy atom. The number of rotatable bonds is 12. The van der Waals surface area contributed by atoms with Crippen LogP contribution < -0.4 is 20.2 Å². The van der Waals surface area contributed by atoms with E-state index in [1.807, 2.05) is 24.3 Å². The van der Waals surface area contributed by atoms with Crippen LogP contribution >= 0.6 is 0 Å². The third kappa shape index (κ3) is 6.64. The Hall–Kier alpha value is -9.24. The van der Waals surface area contributed by atoms with E-state index in [1.54, 1.807) is 0 Å². The number of allylic oxidation sites excluding steroid dienone is 14. The van der Waals surface area contributed by atoms with Crippen LogP contribution in [0.3, 0.4) is 0 Å². The third-order valence-electron chi connectivity index (χ3n) is 15.2. The summed E-state index contributed by atoms with van der Waals surface area (Å²) < 4.78 is 0. The third-order valence-corrected chi connectivity index (χ3v) is 15.2. The van der Waals surface area contributed by atoms with Crippen LogP contribution in [0.15, 0.2) is 267 Å². The van der Waals surface area contributed by atoms with Gasteiger partial charge in [-0.25, -0.2) is 0 Å². The Morgan fingerprint density at radius 1 is 0.319 bits per heavy atom. The number of benzene rings is 7. The summed E-state index contributed by atoms with van der Waals surface area (Å²) in [4.78, 5) is 4.83. The Labute approximate surface area is 422 Å². The Kier molecular flexibility index (Phi) is 10.3. The van der Waals surface area contributed by atoms with Crippen molar-refractivity contribution in [3.63, 3.8) is 0 Å². The molecule has 0 heterocycles. The van der Waals surface area contributed by atoms with Gasteiger partial charge in [-0.3, -0.25) is 0 Å². The number of anilines is 4. The number of hydrogen-bond donors (Lipinski definition) is 0. The van der Waals surface area contributed by atoms with E-state index < -0.39 is 0 Å². The molecular weight excluding hydrogens is 869 g/mol. The van der Waals surface area contributed by atoms with Crippen LogP contribution in [0.2, 0.25) is 0 Å². The topological polar surface area (TPSA) is 6.48 Å². The first kappa shape index (κ1) is 42.8. The number of nitrogens with zero attached hydrogens (tertiary/aromatic N) is 2. The Balaban J connectivity index is 1.08. The summed E-state index contributed by atoms with van der Waals surface area (Å²) >= 11 is 0. The van der Waals surface area contributed by atoms with Gasteiger partial charge >= 0.3 is 0 Å². The second kappa shape index (κ2) is 17.3. The summed E-state index contributed by atoms with van der Waals surface area (Å²) in [6, 6.07) is 57.2. The molecule has 0 aliphatic heterocycles. The monoisotopic (exact) mass is 918 g/mol. The van der Waals surface area contributed by atoms with Crippen LogP contribution in [0.25, 0.3) is 68.9 Å². The molecule has 2 nitrogen and oxygen atoms in total. The minimum atomic E-state index is 0.0124. The molecule has 2 unspecified atom stereocenters. The van der Waals surface area contributed by atoms with Crippen LogP contribution in [-0.4, -0.2) is 0 Å². The summed E-state index contributed by atoms with van der Waals surface area (Å²) in [5.41, 5.74) is 26.5.